The van der Waals surface area contributed by atoms with Gasteiger partial charge in [0, 0.05) is 17.6 Å². The van der Waals surface area contributed by atoms with E-state index in [9.17, 15) is 4.39 Å². The summed E-state index contributed by atoms with van der Waals surface area (Å²) in [6.07, 6.45) is 0. The number of thiophene rings is 1. The van der Waals surface area contributed by atoms with Crippen molar-refractivity contribution in [3.63, 3.8) is 0 Å². The fourth-order valence-corrected chi connectivity index (χ4v) is 3.89. The Bertz CT molecular complexity index is 632. The number of ether oxygens (including phenoxy) is 1. The lowest BCUT2D eigenvalue weighted by Crippen LogP contribution is -2.23. The minimum Gasteiger partial charge on any atom is -0.496 e. The van der Waals surface area contributed by atoms with Crippen molar-refractivity contribution in [2.75, 3.05) is 7.11 Å². The van der Waals surface area contributed by atoms with Gasteiger partial charge in [-0.25, -0.2) is 4.39 Å². The molecule has 114 valence electrons. The molecule has 1 aromatic carbocycles. The molecular formula is C15H16Cl2FNOS. The van der Waals surface area contributed by atoms with Crippen LogP contribution in [0.2, 0.25) is 8.67 Å². The molecular weight excluding hydrogens is 332 g/mol. The summed E-state index contributed by atoms with van der Waals surface area (Å²) in [5, 5.41) is 3.39. The van der Waals surface area contributed by atoms with Crippen molar-refractivity contribution in [1.82, 2.24) is 5.32 Å². The minimum absolute atomic E-state index is 0.00998. The maximum Gasteiger partial charge on any atom is 0.123 e. The molecule has 0 saturated heterocycles. The predicted molar refractivity (Wildman–Crippen MR) is 87.3 cm³/mol. The predicted octanol–water partition coefficient (Wildman–Crippen LogP) is 5.61. The Morgan fingerprint density at radius 2 is 1.81 bits per heavy atom. The zero-order valence-electron chi connectivity index (χ0n) is 11.9. The maximum absolute atomic E-state index is 13.5. The molecule has 6 heteroatoms. The Labute approximate surface area is 137 Å². The Morgan fingerprint density at radius 3 is 2.38 bits per heavy atom. The molecule has 1 aromatic heterocycles. The standard InChI is InChI=1S/C15H16Cl2FNOS/c1-8(11-6-10(18)4-5-13(11)20-3)19-9(2)12-7-14(16)21-15(12)17/h4-9,19H,1-3H3. The summed E-state index contributed by atoms with van der Waals surface area (Å²) in [6, 6.07) is 6.23. The third-order valence-corrected chi connectivity index (χ3v) is 4.83. The number of hydrogen-bond acceptors (Lipinski definition) is 3. The van der Waals surface area contributed by atoms with E-state index in [-0.39, 0.29) is 17.9 Å². The zero-order chi connectivity index (χ0) is 15.6. The van der Waals surface area contributed by atoms with Crippen molar-refractivity contribution in [2.45, 2.75) is 25.9 Å². The van der Waals surface area contributed by atoms with Crippen molar-refractivity contribution < 1.29 is 9.13 Å². The summed E-state index contributed by atoms with van der Waals surface area (Å²) in [4.78, 5) is 0. The van der Waals surface area contributed by atoms with Gasteiger partial charge in [0.1, 0.15) is 11.6 Å². The first-order valence-corrected chi connectivity index (χ1v) is 8.03. The molecule has 0 fully saturated rings. The first-order chi connectivity index (χ1) is 9.92. The van der Waals surface area contributed by atoms with Gasteiger partial charge >= 0.3 is 0 Å². The maximum atomic E-state index is 13.5. The van der Waals surface area contributed by atoms with Gasteiger partial charge in [0.05, 0.1) is 15.8 Å². The number of rotatable bonds is 5. The fraction of sp³-hybridized carbons (Fsp3) is 0.333. The van der Waals surface area contributed by atoms with Crippen molar-refractivity contribution in [3.05, 3.63) is 49.9 Å². The summed E-state index contributed by atoms with van der Waals surface area (Å²) in [5.41, 5.74) is 1.70. The van der Waals surface area contributed by atoms with Crippen molar-refractivity contribution in [1.29, 1.82) is 0 Å². The molecule has 0 aliphatic carbocycles. The van der Waals surface area contributed by atoms with Gasteiger partial charge in [-0.05, 0) is 43.7 Å². The van der Waals surface area contributed by atoms with Crippen LogP contribution >= 0.6 is 34.5 Å². The van der Waals surface area contributed by atoms with Crippen LogP contribution < -0.4 is 10.1 Å². The summed E-state index contributed by atoms with van der Waals surface area (Å²) < 4.78 is 20.1. The monoisotopic (exact) mass is 347 g/mol. The molecule has 2 atom stereocenters. The van der Waals surface area contributed by atoms with E-state index >= 15 is 0 Å². The third-order valence-electron chi connectivity index (χ3n) is 3.31. The molecule has 0 spiro atoms. The summed E-state index contributed by atoms with van der Waals surface area (Å²) >= 11 is 13.5. The highest BCUT2D eigenvalue weighted by Crippen LogP contribution is 2.36. The first kappa shape index (κ1) is 16.6. The van der Waals surface area contributed by atoms with Gasteiger partial charge in [-0.1, -0.05) is 23.2 Å². The number of methoxy groups -OCH3 is 1. The summed E-state index contributed by atoms with van der Waals surface area (Å²) in [5.74, 6) is 0.363. The van der Waals surface area contributed by atoms with Gasteiger partial charge in [-0.15, -0.1) is 11.3 Å². The quantitative estimate of drug-likeness (QED) is 0.758. The molecule has 2 nitrogen and oxygen atoms in total. The van der Waals surface area contributed by atoms with Gasteiger partial charge in [0.2, 0.25) is 0 Å². The lowest BCUT2D eigenvalue weighted by atomic mass is 10.0. The largest absolute Gasteiger partial charge is 0.496 e. The Morgan fingerprint density at radius 1 is 1.14 bits per heavy atom. The smallest absolute Gasteiger partial charge is 0.123 e. The van der Waals surface area contributed by atoms with Crippen LogP contribution in [0.25, 0.3) is 0 Å². The summed E-state index contributed by atoms with van der Waals surface area (Å²) in [6.45, 7) is 3.95. The molecule has 2 rings (SSSR count). The number of hydrogen-bond donors (Lipinski definition) is 1. The van der Waals surface area contributed by atoms with E-state index in [0.29, 0.717) is 14.4 Å². The average Bonchev–Trinajstić information content (AvgIpc) is 2.77. The van der Waals surface area contributed by atoms with E-state index in [1.807, 2.05) is 19.9 Å². The molecule has 0 radical (unpaired) electrons. The Hall–Kier alpha value is -0.810. The lowest BCUT2D eigenvalue weighted by molar-refractivity contribution is 0.395. The molecule has 1 heterocycles. The van der Waals surface area contributed by atoms with Gasteiger partial charge in [0.25, 0.3) is 0 Å². The molecule has 2 unspecified atom stereocenters. The fourth-order valence-electron chi connectivity index (χ4n) is 2.25. The van der Waals surface area contributed by atoms with Gasteiger partial charge < -0.3 is 10.1 Å². The van der Waals surface area contributed by atoms with Crippen LogP contribution in [-0.4, -0.2) is 7.11 Å². The molecule has 1 N–H and O–H groups in total. The van der Waals surface area contributed by atoms with Gasteiger partial charge in [-0.2, -0.15) is 0 Å². The highest BCUT2D eigenvalue weighted by molar-refractivity contribution is 7.20. The van der Waals surface area contributed by atoms with Crippen LogP contribution in [0, 0.1) is 5.82 Å². The molecule has 0 bridgehead atoms. The van der Waals surface area contributed by atoms with E-state index in [4.69, 9.17) is 27.9 Å². The SMILES string of the molecule is COc1ccc(F)cc1C(C)NC(C)c1cc(Cl)sc1Cl. The topological polar surface area (TPSA) is 21.3 Å². The van der Waals surface area contributed by atoms with Crippen molar-refractivity contribution in [3.8, 4) is 5.75 Å². The van der Waals surface area contributed by atoms with Crippen LogP contribution in [0.4, 0.5) is 4.39 Å². The van der Waals surface area contributed by atoms with E-state index in [1.54, 1.807) is 13.2 Å². The molecule has 0 saturated carbocycles. The Kier molecular flexibility index (Phi) is 5.49. The second-order valence-corrected chi connectivity index (χ2v) is 7.06. The van der Waals surface area contributed by atoms with E-state index in [1.165, 1.54) is 23.5 Å². The second kappa shape index (κ2) is 6.97. The van der Waals surface area contributed by atoms with E-state index in [0.717, 1.165) is 11.1 Å². The highest BCUT2D eigenvalue weighted by Gasteiger charge is 2.18. The average molecular weight is 348 g/mol. The van der Waals surface area contributed by atoms with Crippen molar-refractivity contribution >= 4 is 34.5 Å². The van der Waals surface area contributed by atoms with Crippen LogP contribution in [-0.2, 0) is 0 Å². The van der Waals surface area contributed by atoms with Gasteiger partial charge in [0.15, 0.2) is 0 Å². The van der Waals surface area contributed by atoms with Crippen LogP contribution in [0.3, 0.4) is 0 Å². The lowest BCUT2D eigenvalue weighted by Gasteiger charge is -2.22. The third kappa shape index (κ3) is 3.89. The number of halogens is 3. The molecule has 21 heavy (non-hydrogen) atoms. The summed E-state index contributed by atoms with van der Waals surface area (Å²) in [7, 11) is 1.57. The highest BCUT2D eigenvalue weighted by atomic mass is 35.5. The molecule has 0 aliphatic rings. The van der Waals surface area contributed by atoms with Crippen molar-refractivity contribution in [2.24, 2.45) is 0 Å². The Balaban J connectivity index is 2.19. The molecule has 0 amide bonds. The van der Waals surface area contributed by atoms with E-state index in [2.05, 4.69) is 5.32 Å². The van der Waals surface area contributed by atoms with Crippen LogP contribution in [0.15, 0.2) is 24.3 Å². The number of benzene rings is 1. The number of nitrogens with one attached hydrogen (secondary N) is 1. The van der Waals surface area contributed by atoms with Gasteiger partial charge in [-0.3, -0.25) is 0 Å². The second-order valence-electron chi connectivity index (χ2n) is 4.78. The normalized spacial score (nSPS) is 14.0. The van der Waals surface area contributed by atoms with E-state index < -0.39 is 0 Å². The zero-order valence-corrected chi connectivity index (χ0v) is 14.2. The first-order valence-electron chi connectivity index (χ1n) is 6.46. The van der Waals surface area contributed by atoms with Crippen LogP contribution in [0.1, 0.15) is 37.1 Å². The molecule has 0 aliphatic heterocycles. The minimum atomic E-state index is -0.288. The van der Waals surface area contributed by atoms with Crippen LogP contribution in [0.5, 0.6) is 5.75 Å². The molecule has 2 aromatic rings.